The number of hydrazine groups is 1. The summed E-state index contributed by atoms with van der Waals surface area (Å²) in [5, 5.41) is 14.7. The Morgan fingerprint density at radius 1 is 1.06 bits per heavy atom. The van der Waals surface area contributed by atoms with Crippen LogP contribution < -0.4 is 4.74 Å². The van der Waals surface area contributed by atoms with Crippen molar-refractivity contribution in [1.82, 2.24) is 19.6 Å². The van der Waals surface area contributed by atoms with Crippen molar-refractivity contribution in [2.45, 2.75) is 51.5 Å². The Kier molecular flexibility index (Phi) is 9.17. The van der Waals surface area contributed by atoms with Crippen molar-refractivity contribution in [2.24, 2.45) is 0 Å². The Morgan fingerprint density at radius 3 is 2.56 bits per heavy atom. The Bertz CT molecular complexity index is 1990. The summed E-state index contributed by atoms with van der Waals surface area (Å²) in [5.41, 5.74) is 5.45. The van der Waals surface area contributed by atoms with E-state index in [0.717, 1.165) is 63.6 Å². The van der Waals surface area contributed by atoms with Crippen LogP contribution in [0.1, 0.15) is 60.2 Å². The average molecular weight is 671 g/mol. The normalized spacial score (nSPS) is 16.1. The molecular formula is C37H39FN4O5S. The first kappa shape index (κ1) is 32.2. The molecule has 1 aliphatic carbocycles. The van der Waals surface area contributed by atoms with Crippen LogP contribution in [-0.2, 0) is 16.1 Å². The molecule has 250 valence electrons. The topological polar surface area (TPSA) is 97.1 Å². The van der Waals surface area contributed by atoms with Gasteiger partial charge < -0.3 is 19.1 Å². The number of amides is 1. The van der Waals surface area contributed by atoms with E-state index in [1.807, 2.05) is 35.8 Å². The van der Waals surface area contributed by atoms with E-state index in [9.17, 15) is 19.1 Å². The number of thiophene rings is 1. The number of ether oxygens (including phenoxy) is 2. The van der Waals surface area contributed by atoms with Crippen LogP contribution in [0.25, 0.3) is 43.6 Å². The molecule has 5 aromatic rings. The molecule has 1 aliphatic heterocycles. The third-order valence-electron chi connectivity index (χ3n) is 9.62. The van der Waals surface area contributed by atoms with Crippen molar-refractivity contribution in [3.63, 3.8) is 0 Å². The smallest absolute Gasteiger partial charge is 0.345 e. The van der Waals surface area contributed by atoms with Gasteiger partial charge >= 0.3 is 5.97 Å². The molecule has 2 aromatic carbocycles. The highest BCUT2D eigenvalue weighted by Crippen LogP contribution is 2.47. The standard InChI is InChI=1S/C37H39FN4O5S/c1-3-42(40-15-17-47-18-16-40)33(43)22-41-31-21-32(37(44)45)48-36(31)34(23-7-5-4-6-8-23)35(41)25-10-13-29-24(19-25)9-14-30(39-29)27-12-11-26(46-2)20-28(27)38/h9-14,19-21,23H,3-8,15-18,22H2,1-2H3,(H,44,45). The highest BCUT2D eigenvalue weighted by atomic mass is 32.1. The molecule has 0 radical (unpaired) electrons. The molecule has 11 heteroatoms. The summed E-state index contributed by atoms with van der Waals surface area (Å²) in [6, 6.07) is 16.3. The number of carbonyl (C=O) groups excluding carboxylic acids is 1. The number of methoxy groups -OCH3 is 1. The summed E-state index contributed by atoms with van der Waals surface area (Å²) in [6.07, 6.45) is 5.44. The predicted molar refractivity (Wildman–Crippen MR) is 185 cm³/mol. The van der Waals surface area contributed by atoms with Gasteiger partial charge in [0.05, 0.1) is 47.4 Å². The maximum atomic E-state index is 14.9. The molecule has 7 rings (SSSR count). The molecule has 0 unspecified atom stereocenters. The number of carboxylic acid groups (broad SMARTS) is 1. The van der Waals surface area contributed by atoms with E-state index in [-0.39, 0.29) is 23.2 Å². The van der Waals surface area contributed by atoms with Gasteiger partial charge in [-0.1, -0.05) is 31.4 Å². The number of morpholine rings is 1. The van der Waals surface area contributed by atoms with Crippen LogP contribution in [-0.4, -0.2) is 76.5 Å². The van der Waals surface area contributed by atoms with Crippen molar-refractivity contribution in [1.29, 1.82) is 0 Å². The van der Waals surface area contributed by atoms with Crippen molar-refractivity contribution >= 4 is 44.3 Å². The summed E-state index contributed by atoms with van der Waals surface area (Å²) in [7, 11) is 1.50. The molecule has 0 bridgehead atoms. The highest BCUT2D eigenvalue weighted by Gasteiger charge is 2.31. The molecule has 3 aromatic heterocycles. The van der Waals surface area contributed by atoms with Crippen LogP contribution in [0.4, 0.5) is 4.39 Å². The largest absolute Gasteiger partial charge is 0.497 e. The Balaban J connectivity index is 1.36. The minimum absolute atomic E-state index is 0.0514. The van der Waals surface area contributed by atoms with Crippen LogP contribution in [0.5, 0.6) is 5.75 Å². The number of carboxylic acids is 1. The van der Waals surface area contributed by atoms with Gasteiger partial charge in [-0.2, -0.15) is 0 Å². The van der Waals surface area contributed by atoms with Gasteiger partial charge in [-0.3, -0.25) is 9.80 Å². The number of aromatic carboxylic acids is 1. The average Bonchev–Trinajstić information content (AvgIpc) is 3.67. The van der Waals surface area contributed by atoms with Crippen molar-refractivity contribution in [2.75, 3.05) is 40.0 Å². The van der Waals surface area contributed by atoms with E-state index >= 15 is 0 Å². The number of carbonyl (C=O) groups is 2. The van der Waals surface area contributed by atoms with Crippen molar-refractivity contribution in [3.05, 3.63) is 70.9 Å². The molecule has 2 fully saturated rings. The Labute approximate surface area is 282 Å². The number of aromatic nitrogens is 2. The van der Waals surface area contributed by atoms with Crippen LogP contribution in [0.2, 0.25) is 0 Å². The first-order valence-corrected chi connectivity index (χ1v) is 17.4. The van der Waals surface area contributed by atoms with Crippen molar-refractivity contribution < 1.29 is 28.6 Å². The summed E-state index contributed by atoms with van der Waals surface area (Å²) < 4.78 is 28.6. The second-order valence-corrected chi connectivity index (χ2v) is 13.5. The second-order valence-electron chi connectivity index (χ2n) is 12.4. The van der Waals surface area contributed by atoms with E-state index in [1.54, 1.807) is 23.2 Å². The minimum Gasteiger partial charge on any atom is -0.497 e. The number of hydrogen-bond donors (Lipinski definition) is 1. The summed E-state index contributed by atoms with van der Waals surface area (Å²) in [4.78, 5) is 31.4. The van der Waals surface area contributed by atoms with Crippen LogP contribution in [0, 0.1) is 5.82 Å². The fourth-order valence-corrected chi connectivity index (χ4v) is 8.42. The summed E-state index contributed by atoms with van der Waals surface area (Å²) in [5.74, 6) is -0.724. The molecule has 0 atom stereocenters. The van der Waals surface area contributed by atoms with E-state index < -0.39 is 11.8 Å². The van der Waals surface area contributed by atoms with Gasteiger partial charge in [0.15, 0.2) is 0 Å². The zero-order valence-corrected chi connectivity index (χ0v) is 28.0. The van der Waals surface area contributed by atoms with E-state index in [0.29, 0.717) is 49.9 Å². The lowest BCUT2D eigenvalue weighted by Gasteiger charge is -2.36. The number of rotatable bonds is 9. The van der Waals surface area contributed by atoms with Crippen LogP contribution in [0.3, 0.4) is 0 Å². The minimum atomic E-state index is -0.963. The van der Waals surface area contributed by atoms with Crippen LogP contribution >= 0.6 is 11.3 Å². The fraction of sp³-hybridized carbons (Fsp3) is 0.378. The second kappa shape index (κ2) is 13.7. The number of halogens is 1. The first-order chi connectivity index (χ1) is 23.4. The number of benzene rings is 2. The highest BCUT2D eigenvalue weighted by molar-refractivity contribution is 7.21. The number of hydrogen-bond acceptors (Lipinski definition) is 7. The lowest BCUT2D eigenvalue weighted by Crippen LogP contribution is -2.52. The fourth-order valence-electron chi connectivity index (χ4n) is 7.30. The van der Waals surface area contributed by atoms with Crippen LogP contribution in [0.15, 0.2) is 54.6 Å². The number of nitrogens with zero attached hydrogens (tertiary/aromatic N) is 4. The molecule has 1 saturated carbocycles. The molecule has 2 aliphatic rings. The maximum absolute atomic E-state index is 14.9. The maximum Gasteiger partial charge on any atom is 0.345 e. The monoisotopic (exact) mass is 670 g/mol. The zero-order chi connectivity index (χ0) is 33.4. The van der Waals surface area contributed by atoms with Gasteiger partial charge in [0.25, 0.3) is 5.91 Å². The Hall–Kier alpha value is -4.32. The van der Waals surface area contributed by atoms with Gasteiger partial charge in [0, 0.05) is 36.7 Å². The quantitative estimate of drug-likeness (QED) is 0.173. The molecular weight excluding hydrogens is 631 g/mol. The zero-order valence-electron chi connectivity index (χ0n) is 27.2. The third kappa shape index (κ3) is 6.06. The molecule has 9 nitrogen and oxygen atoms in total. The summed E-state index contributed by atoms with van der Waals surface area (Å²) >= 11 is 1.30. The lowest BCUT2D eigenvalue weighted by molar-refractivity contribution is -0.156. The van der Waals surface area contributed by atoms with E-state index in [1.165, 1.54) is 30.9 Å². The van der Waals surface area contributed by atoms with E-state index in [2.05, 4.69) is 11.1 Å². The Morgan fingerprint density at radius 2 is 1.85 bits per heavy atom. The number of pyridine rings is 1. The molecule has 48 heavy (non-hydrogen) atoms. The molecule has 1 amide bonds. The number of fused-ring (bicyclic) bond motifs is 2. The van der Waals surface area contributed by atoms with Gasteiger partial charge in [0.2, 0.25) is 0 Å². The molecule has 1 N–H and O–H groups in total. The third-order valence-corrected chi connectivity index (χ3v) is 10.8. The molecule has 1 saturated heterocycles. The van der Waals surface area contributed by atoms with E-state index in [4.69, 9.17) is 14.5 Å². The van der Waals surface area contributed by atoms with Gasteiger partial charge in [-0.15, -0.1) is 11.3 Å². The van der Waals surface area contributed by atoms with Gasteiger partial charge in [0.1, 0.15) is 23.0 Å². The predicted octanol–water partition coefficient (Wildman–Crippen LogP) is 7.57. The number of likely N-dealkylation sites (N-methyl/N-ethyl adjacent to an activating group) is 1. The molecule has 0 spiro atoms. The van der Waals surface area contributed by atoms with Crippen molar-refractivity contribution in [3.8, 4) is 28.3 Å². The SMILES string of the molecule is CCN(C(=O)Cn1c(-c2ccc3nc(-c4ccc(OC)cc4F)ccc3c2)c(C2CCCCC2)c2sc(C(=O)O)cc21)N1CCOCC1. The lowest BCUT2D eigenvalue weighted by atomic mass is 9.83. The first-order valence-electron chi connectivity index (χ1n) is 16.6. The van der Waals surface area contributed by atoms with Gasteiger partial charge in [-0.25, -0.2) is 19.2 Å². The summed E-state index contributed by atoms with van der Waals surface area (Å²) in [6.45, 7) is 4.99. The van der Waals surface area contributed by atoms with Gasteiger partial charge in [-0.05, 0) is 73.2 Å². The molecule has 4 heterocycles.